The van der Waals surface area contributed by atoms with Gasteiger partial charge in [0, 0.05) is 0 Å². The molecule has 1 aromatic rings. The second-order valence-electron chi connectivity index (χ2n) is 1.80. The maximum atomic E-state index is 10.7. The van der Waals surface area contributed by atoms with E-state index in [0.29, 0.717) is 0 Å². The number of carbonyl (C=O) groups is 1. The van der Waals surface area contributed by atoms with E-state index in [1.54, 1.807) is 0 Å². The Morgan fingerprint density at radius 1 is 1.36 bits per heavy atom. The van der Waals surface area contributed by atoms with Crippen LogP contribution in [0.5, 0.6) is 5.75 Å². The third-order valence-corrected chi connectivity index (χ3v) is 1.12. The van der Waals surface area contributed by atoms with Crippen LogP contribution in [-0.4, -0.2) is 11.1 Å². The maximum absolute atomic E-state index is 10.7. The Morgan fingerprint density at radius 3 is 2.27 bits per heavy atom. The van der Waals surface area contributed by atoms with Crippen LogP contribution in [-0.2, 0) is 22.4 Å². The minimum absolute atomic E-state index is 0. The number of carboxylic acids is 1. The van der Waals surface area contributed by atoms with Gasteiger partial charge in [0.2, 0.25) is 0 Å². The summed E-state index contributed by atoms with van der Waals surface area (Å²) in [5.41, 5.74) is -0.178. The van der Waals surface area contributed by atoms with Gasteiger partial charge in [0.15, 0.2) is 0 Å². The van der Waals surface area contributed by atoms with Crippen LogP contribution in [0.4, 0.5) is 0 Å². The van der Waals surface area contributed by atoms with Gasteiger partial charge in [-0.2, -0.15) is 0 Å². The van der Waals surface area contributed by atoms with Crippen molar-refractivity contribution in [2.24, 2.45) is 0 Å². The Labute approximate surface area is 79.2 Å². The average Bonchev–Trinajstić information content (AvgIpc) is 1.88. The van der Waals surface area contributed by atoms with Crippen LogP contribution in [0.2, 0.25) is 0 Å². The van der Waals surface area contributed by atoms with E-state index >= 15 is 0 Å². The molecule has 0 aliphatic carbocycles. The Bertz CT molecular complexity index is 260. The van der Waals surface area contributed by atoms with E-state index in [4.69, 9.17) is 5.11 Å². The van der Waals surface area contributed by atoms with Crippen molar-refractivity contribution in [2.45, 2.75) is 0 Å². The molecule has 0 aliphatic rings. The maximum Gasteiger partial charge on any atom is 1.00 e. The molecule has 1 aromatic carbocycles. The Hall–Kier alpha value is -0.770. The quantitative estimate of drug-likeness (QED) is 0.731. The number of hydrogen-bond acceptors (Lipinski definition) is 2. The number of para-hydroxylation sites is 1. The molecule has 0 atom stereocenters. The smallest absolute Gasteiger partial charge is 0.872 e. The molecule has 3 nitrogen and oxygen atoms in total. The second kappa shape index (κ2) is 4.18. The standard InChI is InChI=1S/C7H6O3.Ag/c8-6-4-2-1-3-5(6)7(9)10;/h1-4,8H,(H,9,10);/q;+1/p-1. The first kappa shape index (κ1) is 10.2. The van der Waals surface area contributed by atoms with Gasteiger partial charge in [-0.15, -0.1) is 0 Å². The fraction of sp³-hybridized carbons (Fsp3) is 0. The van der Waals surface area contributed by atoms with E-state index < -0.39 is 11.7 Å². The number of rotatable bonds is 1. The zero-order valence-corrected chi connectivity index (χ0v) is 6.86. The minimum atomic E-state index is -1.18. The van der Waals surface area contributed by atoms with E-state index in [9.17, 15) is 9.90 Å². The SMILES string of the molecule is O=C(O)c1ccccc1[O-].[Ag+]. The minimum Gasteiger partial charge on any atom is -0.872 e. The summed E-state index contributed by atoms with van der Waals surface area (Å²) in [6.45, 7) is 0. The first-order valence-corrected chi connectivity index (χ1v) is 2.71. The van der Waals surface area contributed by atoms with Crippen molar-refractivity contribution in [2.75, 3.05) is 0 Å². The zero-order valence-electron chi connectivity index (χ0n) is 5.37. The summed E-state index contributed by atoms with van der Waals surface area (Å²) in [5, 5.41) is 19.0. The predicted molar refractivity (Wildman–Crippen MR) is 32.8 cm³/mol. The Balaban J connectivity index is 0.000001000. The summed E-state index contributed by atoms with van der Waals surface area (Å²) in [5.74, 6) is -1.62. The van der Waals surface area contributed by atoms with Gasteiger partial charge in [-0.05, 0) is 6.07 Å². The van der Waals surface area contributed by atoms with Gasteiger partial charge in [-0.3, -0.25) is 0 Å². The number of hydrogen-bond donors (Lipinski definition) is 1. The molecule has 0 spiro atoms. The largest absolute Gasteiger partial charge is 1.00 e. The van der Waals surface area contributed by atoms with Crippen molar-refractivity contribution in [1.82, 2.24) is 0 Å². The number of benzene rings is 1. The van der Waals surface area contributed by atoms with Crippen molar-refractivity contribution < 1.29 is 37.4 Å². The molecule has 11 heavy (non-hydrogen) atoms. The van der Waals surface area contributed by atoms with Crippen LogP contribution in [0.3, 0.4) is 0 Å². The van der Waals surface area contributed by atoms with Crippen molar-refractivity contribution >= 4 is 5.97 Å². The molecule has 1 N–H and O–H groups in total. The van der Waals surface area contributed by atoms with Gasteiger partial charge in [-0.1, -0.05) is 23.9 Å². The Morgan fingerprint density at radius 2 is 1.91 bits per heavy atom. The molecule has 4 heteroatoms. The molecule has 1 rings (SSSR count). The van der Waals surface area contributed by atoms with Crippen LogP contribution in [0.1, 0.15) is 10.4 Å². The van der Waals surface area contributed by atoms with E-state index in [-0.39, 0.29) is 27.9 Å². The zero-order chi connectivity index (χ0) is 7.56. The summed E-state index contributed by atoms with van der Waals surface area (Å²) >= 11 is 0. The summed E-state index contributed by atoms with van der Waals surface area (Å²) in [6, 6.07) is 5.54. The topological polar surface area (TPSA) is 60.4 Å². The Kier molecular flexibility index (Phi) is 3.89. The van der Waals surface area contributed by atoms with Crippen LogP contribution < -0.4 is 5.11 Å². The van der Waals surface area contributed by atoms with Gasteiger partial charge >= 0.3 is 28.3 Å². The molecule has 0 unspecified atom stereocenters. The fourth-order valence-electron chi connectivity index (χ4n) is 0.643. The van der Waals surface area contributed by atoms with E-state index in [2.05, 4.69) is 0 Å². The second-order valence-corrected chi connectivity index (χ2v) is 1.80. The fourth-order valence-corrected chi connectivity index (χ4v) is 0.643. The summed E-state index contributed by atoms with van der Waals surface area (Å²) in [7, 11) is 0. The monoisotopic (exact) mass is 244 g/mol. The summed E-state index contributed by atoms with van der Waals surface area (Å²) < 4.78 is 0. The van der Waals surface area contributed by atoms with Gasteiger partial charge in [0.1, 0.15) is 0 Å². The van der Waals surface area contributed by atoms with Gasteiger partial charge in [0.05, 0.1) is 5.56 Å². The van der Waals surface area contributed by atoms with E-state index in [1.165, 1.54) is 24.3 Å². The molecule has 0 aromatic heterocycles. The molecular formula is C7H5AgO3. The van der Waals surface area contributed by atoms with Crippen LogP contribution >= 0.6 is 0 Å². The van der Waals surface area contributed by atoms with Gasteiger partial charge in [-0.25, -0.2) is 4.79 Å². The van der Waals surface area contributed by atoms with Crippen molar-refractivity contribution in [3.63, 3.8) is 0 Å². The number of aromatic carboxylic acids is 1. The van der Waals surface area contributed by atoms with Gasteiger partial charge < -0.3 is 10.2 Å². The van der Waals surface area contributed by atoms with E-state index in [0.717, 1.165) is 0 Å². The molecule has 0 bridgehead atoms. The average molecular weight is 245 g/mol. The summed E-state index contributed by atoms with van der Waals surface area (Å²) in [4.78, 5) is 10.2. The molecule has 0 aliphatic heterocycles. The molecule has 0 heterocycles. The van der Waals surface area contributed by atoms with Crippen molar-refractivity contribution in [1.29, 1.82) is 0 Å². The molecule has 0 radical (unpaired) electrons. The number of carboxylic acid groups (broad SMARTS) is 1. The van der Waals surface area contributed by atoms with Crippen LogP contribution in [0.15, 0.2) is 24.3 Å². The van der Waals surface area contributed by atoms with Crippen molar-refractivity contribution in [3.05, 3.63) is 29.8 Å². The first-order chi connectivity index (χ1) is 4.72. The predicted octanol–water partition coefficient (Wildman–Crippen LogP) is 0.456. The first-order valence-electron chi connectivity index (χ1n) is 2.71. The van der Waals surface area contributed by atoms with Crippen LogP contribution in [0, 0.1) is 0 Å². The van der Waals surface area contributed by atoms with Crippen molar-refractivity contribution in [3.8, 4) is 5.75 Å². The normalized spacial score (nSPS) is 8.36. The van der Waals surface area contributed by atoms with E-state index in [1.807, 2.05) is 0 Å². The molecule has 0 fully saturated rings. The molecule has 0 saturated carbocycles. The third-order valence-electron chi connectivity index (χ3n) is 1.12. The third kappa shape index (κ3) is 2.38. The molecular weight excluding hydrogens is 240 g/mol. The molecule has 0 amide bonds. The molecule has 0 saturated heterocycles. The molecule has 62 valence electrons. The van der Waals surface area contributed by atoms with Gasteiger partial charge in [0.25, 0.3) is 0 Å². The summed E-state index contributed by atoms with van der Waals surface area (Å²) in [6.07, 6.45) is 0. The van der Waals surface area contributed by atoms with Crippen LogP contribution in [0.25, 0.3) is 0 Å².